The molecule has 0 saturated carbocycles. The number of likely N-dealkylation sites (tertiary alicyclic amines) is 1. The Balaban J connectivity index is 2.00. The van der Waals surface area contributed by atoms with Gasteiger partial charge in [0.25, 0.3) is 0 Å². The van der Waals surface area contributed by atoms with Crippen molar-refractivity contribution in [3.8, 4) is 5.75 Å². The molecule has 17 heavy (non-hydrogen) atoms. The summed E-state index contributed by atoms with van der Waals surface area (Å²) in [5.41, 5.74) is 1.12. The van der Waals surface area contributed by atoms with Gasteiger partial charge in [-0.3, -0.25) is 0 Å². The van der Waals surface area contributed by atoms with Crippen molar-refractivity contribution in [3.05, 3.63) is 15.8 Å². The molecule has 2 heterocycles. The van der Waals surface area contributed by atoms with Crippen molar-refractivity contribution >= 4 is 11.3 Å². The minimum Gasteiger partial charge on any atom is -0.495 e. The summed E-state index contributed by atoms with van der Waals surface area (Å²) in [6, 6.07) is 0. The zero-order valence-corrected chi connectivity index (χ0v) is 11.4. The summed E-state index contributed by atoms with van der Waals surface area (Å²) in [5.74, 6) is 0.861. The zero-order valence-electron chi connectivity index (χ0n) is 10.6. The topological polar surface area (TPSA) is 32.7 Å². The molecule has 1 unspecified atom stereocenters. The fourth-order valence-electron chi connectivity index (χ4n) is 2.41. The number of methoxy groups -OCH3 is 1. The molecule has 0 spiro atoms. The molecular formula is C13H21NO2S. The number of aliphatic hydroxyl groups is 1. The predicted molar refractivity (Wildman–Crippen MR) is 70.9 cm³/mol. The van der Waals surface area contributed by atoms with Crippen LogP contribution in [0.5, 0.6) is 5.75 Å². The number of piperidine rings is 1. The molecule has 0 radical (unpaired) electrons. The van der Waals surface area contributed by atoms with Crippen molar-refractivity contribution in [3.63, 3.8) is 0 Å². The highest BCUT2D eigenvalue weighted by Gasteiger charge is 2.21. The van der Waals surface area contributed by atoms with Crippen LogP contribution in [-0.4, -0.2) is 36.8 Å². The lowest BCUT2D eigenvalue weighted by Crippen LogP contribution is -2.33. The van der Waals surface area contributed by atoms with E-state index in [1.54, 1.807) is 18.4 Å². The Labute approximate surface area is 107 Å². The third-order valence-electron chi connectivity index (χ3n) is 3.33. The van der Waals surface area contributed by atoms with E-state index in [1.807, 2.05) is 12.3 Å². The Bertz CT molecular complexity index is 358. The van der Waals surface area contributed by atoms with Gasteiger partial charge in [0.2, 0.25) is 0 Å². The fraction of sp³-hybridized carbons (Fsp3) is 0.692. The molecule has 0 amide bonds. The molecule has 4 heteroatoms. The second kappa shape index (κ2) is 5.85. The maximum absolute atomic E-state index is 10.3. The summed E-state index contributed by atoms with van der Waals surface area (Å²) in [5, 5.41) is 12.3. The quantitative estimate of drug-likeness (QED) is 0.897. The van der Waals surface area contributed by atoms with E-state index in [9.17, 15) is 5.11 Å². The van der Waals surface area contributed by atoms with Gasteiger partial charge in [-0.15, -0.1) is 11.3 Å². The Morgan fingerprint density at radius 1 is 1.41 bits per heavy atom. The number of ether oxygens (including phenoxy) is 1. The van der Waals surface area contributed by atoms with Gasteiger partial charge in [-0.05, 0) is 38.2 Å². The highest BCUT2D eigenvalue weighted by Crippen LogP contribution is 2.35. The molecule has 1 aliphatic heterocycles. The van der Waals surface area contributed by atoms with Gasteiger partial charge in [0.15, 0.2) is 0 Å². The van der Waals surface area contributed by atoms with E-state index in [2.05, 4.69) is 4.90 Å². The SMILES string of the molecule is COc1c(C)csc1C(O)CN1CCCCC1. The second-order valence-corrected chi connectivity index (χ2v) is 5.60. The number of nitrogens with zero attached hydrogens (tertiary/aromatic N) is 1. The molecular weight excluding hydrogens is 234 g/mol. The molecule has 1 saturated heterocycles. The van der Waals surface area contributed by atoms with E-state index in [4.69, 9.17) is 4.74 Å². The number of hydrogen-bond donors (Lipinski definition) is 1. The van der Waals surface area contributed by atoms with Crippen molar-refractivity contribution in [1.82, 2.24) is 4.90 Å². The summed E-state index contributed by atoms with van der Waals surface area (Å²) in [4.78, 5) is 3.32. The largest absolute Gasteiger partial charge is 0.495 e. The third-order valence-corrected chi connectivity index (χ3v) is 4.51. The van der Waals surface area contributed by atoms with Gasteiger partial charge >= 0.3 is 0 Å². The molecule has 1 aromatic rings. The molecule has 3 nitrogen and oxygen atoms in total. The van der Waals surface area contributed by atoms with E-state index >= 15 is 0 Å². The van der Waals surface area contributed by atoms with Crippen molar-refractivity contribution in [2.45, 2.75) is 32.3 Å². The number of aryl methyl sites for hydroxylation is 1. The lowest BCUT2D eigenvalue weighted by molar-refractivity contribution is 0.102. The molecule has 1 N–H and O–H groups in total. The monoisotopic (exact) mass is 255 g/mol. The molecule has 0 aromatic carbocycles. The number of β-amino-alcohol motifs (C(OH)–C–C–N with tert-alkyl or cyclic N) is 1. The van der Waals surface area contributed by atoms with Crippen LogP contribution in [0, 0.1) is 6.92 Å². The molecule has 1 atom stereocenters. The lowest BCUT2D eigenvalue weighted by Gasteiger charge is -2.28. The highest BCUT2D eigenvalue weighted by atomic mass is 32.1. The molecule has 1 aliphatic rings. The van der Waals surface area contributed by atoms with Gasteiger partial charge in [0.1, 0.15) is 11.9 Å². The summed E-state index contributed by atoms with van der Waals surface area (Å²) >= 11 is 1.60. The highest BCUT2D eigenvalue weighted by molar-refractivity contribution is 7.10. The van der Waals surface area contributed by atoms with Gasteiger partial charge in [-0.25, -0.2) is 0 Å². The standard InChI is InChI=1S/C13H21NO2S/c1-10-9-17-13(12(10)16-2)11(15)8-14-6-4-3-5-7-14/h9,11,15H,3-8H2,1-2H3. The summed E-state index contributed by atoms with van der Waals surface area (Å²) in [6.07, 6.45) is 3.43. The van der Waals surface area contributed by atoms with Crippen molar-refractivity contribution < 1.29 is 9.84 Å². The molecule has 0 aliphatic carbocycles. The predicted octanol–water partition coefficient (Wildman–Crippen LogP) is 2.58. The minimum absolute atomic E-state index is 0.415. The van der Waals surface area contributed by atoms with Crippen LogP contribution in [0.2, 0.25) is 0 Å². The van der Waals surface area contributed by atoms with Crippen LogP contribution in [0.3, 0.4) is 0 Å². The van der Waals surface area contributed by atoms with Crippen LogP contribution in [-0.2, 0) is 0 Å². The Kier molecular flexibility index (Phi) is 4.42. The van der Waals surface area contributed by atoms with Crippen molar-refractivity contribution in [2.24, 2.45) is 0 Å². The summed E-state index contributed by atoms with van der Waals surface area (Å²) in [6.45, 7) is 4.98. The summed E-state index contributed by atoms with van der Waals surface area (Å²) < 4.78 is 5.36. The average Bonchev–Trinajstić information content (AvgIpc) is 2.71. The molecule has 0 bridgehead atoms. The normalized spacial score (nSPS) is 19.2. The Morgan fingerprint density at radius 2 is 2.12 bits per heavy atom. The number of hydrogen-bond acceptors (Lipinski definition) is 4. The van der Waals surface area contributed by atoms with Crippen molar-refractivity contribution in [2.75, 3.05) is 26.7 Å². The first-order valence-corrected chi connectivity index (χ1v) is 7.12. The van der Waals surface area contributed by atoms with Crippen molar-refractivity contribution in [1.29, 1.82) is 0 Å². The first-order valence-electron chi connectivity index (χ1n) is 6.24. The van der Waals surface area contributed by atoms with E-state index in [-0.39, 0.29) is 0 Å². The third kappa shape index (κ3) is 3.00. The maximum atomic E-state index is 10.3. The van der Waals surface area contributed by atoms with E-state index < -0.39 is 6.10 Å². The smallest absolute Gasteiger partial charge is 0.138 e. The van der Waals surface area contributed by atoms with E-state index in [1.165, 1.54) is 19.3 Å². The maximum Gasteiger partial charge on any atom is 0.138 e. The van der Waals surface area contributed by atoms with Gasteiger partial charge < -0.3 is 14.7 Å². The zero-order chi connectivity index (χ0) is 12.3. The first-order chi connectivity index (χ1) is 8.22. The van der Waals surface area contributed by atoms with Crippen LogP contribution in [0.25, 0.3) is 0 Å². The molecule has 1 aromatic heterocycles. The van der Waals surface area contributed by atoms with Crippen LogP contribution in [0.15, 0.2) is 5.38 Å². The summed E-state index contributed by atoms with van der Waals surface area (Å²) in [7, 11) is 1.67. The Morgan fingerprint density at radius 3 is 2.76 bits per heavy atom. The fourth-order valence-corrected chi connectivity index (χ4v) is 3.41. The number of rotatable bonds is 4. The van der Waals surface area contributed by atoms with Gasteiger partial charge in [-0.1, -0.05) is 6.42 Å². The molecule has 2 rings (SSSR count). The number of aliphatic hydroxyl groups excluding tert-OH is 1. The van der Waals surface area contributed by atoms with E-state index in [0.717, 1.165) is 35.8 Å². The van der Waals surface area contributed by atoms with Gasteiger partial charge in [0.05, 0.1) is 12.0 Å². The molecule has 1 fully saturated rings. The van der Waals surface area contributed by atoms with Crippen LogP contribution in [0.4, 0.5) is 0 Å². The van der Waals surface area contributed by atoms with Crippen LogP contribution < -0.4 is 4.74 Å². The van der Waals surface area contributed by atoms with Crippen LogP contribution in [0.1, 0.15) is 35.8 Å². The van der Waals surface area contributed by atoms with Crippen LogP contribution >= 0.6 is 11.3 Å². The lowest BCUT2D eigenvalue weighted by atomic mass is 10.1. The average molecular weight is 255 g/mol. The van der Waals surface area contributed by atoms with Gasteiger partial charge in [0, 0.05) is 12.1 Å². The minimum atomic E-state index is -0.415. The Hall–Kier alpha value is -0.580. The number of thiophene rings is 1. The van der Waals surface area contributed by atoms with E-state index in [0.29, 0.717) is 0 Å². The molecule has 96 valence electrons. The first kappa shape index (κ1) is 12.9. The second-order valence-electron chi connectivity index (χ2n) is 4.69. The van der Waals surface area contributed by atoms with Gasteiger partial charge in [-0.2, -0.15) is 0 Å².